The third kappa shape index (κ3) is 7.36. The van der Waals surface area contributed by atoms with Gasteiger partial charge in [0.05, 0.1) is 0 Å². The van der Waals surface area contributed by atoms with Gasteiger partial charge in [-0.25, -0.2) is 0 Å². The first-order chi connectivity index (χ1) is 4.06. The van der Waals surface area contributed by atoms with Crippen LogP contribution in [-0.4, -0.2) is 20.8 Å². The number of carbonyl (C=O) groups excluding carboxylic acids is 1. The van der Waals surface area contributed by atoms with Crippen LogP contribution in [0.3, 0.4) is 0 Å². The van der Waals surface area contributed by atoms with Gasteiger partial charge in [0, 0.05) is 0 Å². The minimum Gasteiger partial charge on any atom is -0.456 e. The lowest BCUT2D eigenvalue weighted by atomic mass is 10.9. The Bertz CT molecular complexity index is 117. The van der Waals surface area contributed by atoms with Crippen LogP contribution in [0.4, 0.5) is 0 Å². The first kappa shape index (κ1) is 8.36. The lowest BCUT2D eigenvalue weighted by molar-refractivity contribution is -0.102. The highest BCUT2D eigenvalue weighted by atomic mass is 28.4. The number of hydrogen-bond acceptors (Lipinski definition) is 3. The van der Waals surface area contributed by atoms with E-state index in [1.54, 1.807) is 0 Å². The van der Waals surface area contributed by atoms with Gasteiger partial charge >= 0.3 is 0 Å². The molecule has 0 aliphatic rings. The molecular formula is C5H11NO2Si. The first-order valence-electron chi connectivity index (χ1n) is 2.71. The van der Waals surface area contributed by atoms with Gasteiger partial charge in [-0.15, -0.1) is 5.16 Å². The zero-order valence-corrected chi connectivity index (χ0v) is 6.92. The van der Waals surface area contributed by atoms with E-state index in [1.807, 2.05) is 19.6 Å². The molecule has 3 nitrogen and oxygen atoms in total. The molecule has 0 aromatic rings. The Morgan fingerprint density at radius 2 is 2.00 bits per heavy atom. The number of rotatable bonds is 3. The van der Waals surface area contributed by atoms with Gasteiger partial charge in [0.1, 0.15) is 6.21 Å². The van der Waals surface area contributed by atoms with Gasteiger partial charge in [0.2, 0.25) is 0 Å². The molecule has 0 aromatic heterocycles. The van der Waals surface area contributed by atoms with E-state index in [0.717, 1.165) is 6.21 Å². The fourth-order valence-corrected chi connectivity index (χ4v) is 0.590. The Labute approximate surface area is 55.8 Å². The van der Waals surface area contributed by atoms with E-state index in [-0.39, 0.29) is 0 Å². The monoisotopic (exact) mass is 145 g/mol. The Morgan fingerprint density at radius 3 is 2.33 bits per heavy atom. The molecule has 52 valence electrons. The molecule has 0 N–H and O–H groups in total. The zero-order chi connectivity index (χ0) is 7.33. The molecule has 0 aliphatic carbocycles. The highest BCUT2D eigenvalue weighted by Crippen LogP contribution is 2.01. The average Bonchev–Trinajstić information content (AvgIpc) is 1.63. The third-order valence-corrected chi connectivity index (χ3v) is 1.10. The van der Waals surface area contributed by atoms with Gasteiger partial charge in [0.15, 0.2) is 6.29 Å². The van der Waals surface area contributed by atoms with Crippen molar-refractivity contribution < 1.29 is 9.32 Å². The normalized spacial score (nSPS) is 11.9. The molecule has 0 aliphatic heterocycles. The molecule has 0 rings (SSSR count). The van der Waals surface area contributed by atoms with Crippen molar-refractivity contribution in [1.29, 1.82) is 0 Å². The van der Waals surface area contributed by atoms with Gasteiger partial charge in [-0.2, -0.15) is 0 Å². The molecule has 0 atom stereocenters. The van der Waals surface area contributed by atoms with Crippen LogP contribution in [0.5, 0.6) is 0 Å². The number of oxime groups is 1. The second-order valence-electron chi connectivity index (χ2n) is 2.59. The summed E-state index contributed by atoms with van der Waals surface area (Å²) >= 11 is 0. The highest BCUT2D eigenvalue weighted by Gasteiger charge is 2.14. The summed E-state index contributed by atoms with van der Waals surface area (Å²) in [6.07, 6.45) is 1.71. The fourth-order valence-electron chi connectivity index (χ4n) is 0.213. The van der Waals surface area contributed by atoms with Gasteiger partial charge in [-0.3, -0.25) is 4.79 Å². The van der Waals surface area contributed by atoms with E-state index in [2.05, 4.69) is 5.16 Å². The smallest absolute Gasteiger partial charge is 0.278 e. The SMILES string of the molecule is C[Si](C)(C)ON=CC=O. The Hall–Kier alpha value is -0.643. The Morgan fingerprint density at radius 1 is 1.44 bits per heavy atom. The molecule has 9 heavy (non-hydrogen) atoms. The molecular weight excluding hydrogens is 134 g/mol. The van der Waals surface area contributed by atoms with E-state index in [9.17, 15) is 4.79 Å². The van der Waals surface area contributed by atoms with Crippen LogP contribution in [0.1, 0.15) is 0 Å². The quantitative estimate of drug-likeness (QED) is 0.257. The van der Waals surface area contributed by atoms with Crippen molar-refractivity contribution in [1.82, 2.24) is 0 Å². The van der Waals surface area contributed by atoms with Crippen molar-refractivity contribution in [3.63, 3.8) is 0 Å². The maximum Gasteiger partial charge on any atom is 0.278 e. The van der Waals surface area contributed by atoms with Crippen LogP contribution in [0.25, 0.3) is 0 Å². The van der Waals surface area contributed by atoms with Gasteiger partial charge in [0.25, 0.3) is 8.32 Å². The number of hydrogen-bond donors (Lipinski definition) is 0. The summed E-state index contributed by atoms with van der Waals surface area (Å²) in [5.41, 5.74) is 0. The fraction of sp³-hybridized carbons (Fsp3) is 0.600. The summed E-state index contributed by atoms with van der Waals surface area (Å²) in [6, 6.07) is 0. The van der Waals surface area contributed by atoms with E-state index in [0.29, 0.717) is 6.29 Å². The van der Waals surface area contributed by atoms with E-state index in [4.69, 9.17) is 4.53 Å². The van der Waals surface area contributed by atoms with Crippen molar-refractivity contribution >= 4 is 20.8 Å². The topological polar surface area (TPSA) is 38.7 Å². The third-order valence-electron chi connectivity index (χ3n) is 0.448. The maximum absolute atomic E-state index is 9.68. The van der Waals surface area contributed by atoms with Crippen LogP contribution < -0.4 is 0 Å². The van der Waals surface area contributed by atoms with Crippen molar-refractivity contribution in [2.45, 2.75) is 19.6 Å². The molecule has 4 heteroatoms. The van der Waals surface area contributed by atoms with Crippen LogP contribution in [0.2, 0.25) is 19.6 Å². The maximum atomic E-state index is 9.68. The summed E-state index contributed by atoms with van der Waals surface area (Å²) in [7, 11) is -1.55. The average molecular weight is 145 g/mol. The largest absolute Gasteiger partial charge is 0.456 e. The molecule has 0 saturated carbocycles. The van der Waals surface area contributed by atoms with Crippen LogP contribution in [0, 0.1) is 0 Å². The van der Waals surface area contributed by atoms with Crippen LogP contribution in [0.15, 0.2) is 5.16 Å². The van der Waals surface area contributed by atoms with Crippen molar-refractivity contribution in [3.8, 4) is 0 Å². The minimum absolute atomic E-state index is 0.597. The summed E-state index contributed by atoms with van der Waals surface area (Å²) in [4.78, 5) is 9.68. The molecule has 0 fully saturated rings. The number of carbonyl (C=O) groups is 1. The van der Waals surface area contributed by atoms with E-state index < -0.39 is 8.32 Å². The molecule has 0 bridgehead atoms. The van der Waals surface area contributed by atoms with Crippen molar-refractivity contribution in [2.24, 2.45) is 5.16 Å². The Kier molecular flexibility index (Phi) is 3.15. The summed E-state index contributed by atoms with van der Waals surface area (Å²) in [5, 5.41) is 3.43. The lowest BCUT2D eigenvalue weighted by Gasteiger charge is -2.11. The molecule has 0 radical (unpaired) electrons. The zero-order valence-electron chi connectivity index (χ0n) is 5.92. The second-order valence-corrected chi connectivity index (χ2v) is 7.00. The highest BCUT2D eigenvalue weighted by molar-refractivity contribution is 6.69. The second kappa shape index (κ2) is 3.40. The number of nitrogens with zero attached hydrogens (tertiary/aromatic N) is 1. The minimum atomic E-state index is -1.55. The molecule has 0 heterocycles. The Balaban J connectivity index is 3.50. The van der Waals surface area contributed by atoms with Crippen LogP contribution >= 0.6 is 0 Å². The van der Waals surface area contributed by atoms with Gasteiger partial charge in [-0.1, -0.05) is 0 Å². The van der Waals surface area contributed by atoms with Gasteiger partial charge < -0.3 is 4.53 Å². The van der Waals surface area contributed by atoms with E-state index in [1.165, 1.54) is 0 Å². The predicted molar refractivity (Wildman–Crippen MR) is 39.0 cm³/mol. The molecule has 0 aromatic carbocycles. The van der Waals surface area contributed by atoms with E-state index >= 15 is 0 Å². The molecule has 0 saturated heterocycles. The number of aldehydes is 1. The molecule has 0 spiro atoms. The van der Waals surface area contributed by atoms with Crippen molar-refractivity contribution in [2.75, 3.05) is 0 Å². The molecule has 0 amide bonds. The summed E-state index contributed by atoms with van der Waals surface area (Å²) < 4.78 is 4.95. The summed E-state index contributed by atoms with van der Waals surface area (Å²) in [6.45, 7) is 5.99. The lowest BCUT2D eigenvalue weighted by Crippen LogP contribution is -2.22. The van der Waals surface area contributed by atoms with Crippen LogP contribution in [-0.2, 0) is 9.32 Å². The van der Waals surface area contributed by atoms with Gasteiger partial charge in [-0.05, 0) is 19.6 Å². The predicted octanol–water partition coefficient (Wildman–Crippen LogP) is 1.02. The standard InChI is InChI=1S/C5H11NO2Si/c1-9(2,3)8-6-4-5-7/h4-5H,1-3H3. The van der Waals surface area contributed by atoms with Crippen molar-refractivity contribution in [3.05, 3.63) is 0 Å². The molecule has 0 unspecified atom stereocenters. The summed E-state index contributed by atoms with van der Waals surface area (Å²) in [5.74, 6) is 0. The first-order valence-corrected chi connectivity index (χ1v) is 6.12.